The van der Waals surface area contributed by atoms with Crippen LogP contribution in [0, 0.1) is 0 Å². The molecule has 2 N–H and O–H groups in total. The van der Waals surface area contributed by atoms with E-state index in [1.54, 1.807) is 6.92 Å². The number of carbonyl (C=O) groups excluding carboxylic acids is 1. The van der Waals surface area contributed by atoms with Gasteiger partial charge in [-0.15, -0.1) is 0 Å². The molecule has 1 rings (SSSR count). The van der Waals surface area contributed by atoms with Crippen molar-refractivity contribution < 1.29 is 14.6 Å². The van der Waals surface area contributed by atoms with E-state index in [1.165, 1.54) is 0 Å². The van der Waals surface area contributed by atoms with Gasteiger partial charge in [-0.2, -0.15) is 0 Å². The van der Waals surface area contributed by atoms with Crippen LogP contribution in [0.15, 0.2) is 11.4 Å². The molecule has 0 saturated carbocycles. The predicted molar refractivity (Wildman–Crippen MR) is 63.6 cm³/mol. The van der Waals surface area contributed by atoms with Crippen molar-refractivity contribution in [1.82, 2.24) is 10.2 Å². The number of carbonyl (C=O) groups is 1. The van der Waals surface area contributed by atoms with Crippen molar-refractivity contribution in [2.45, 2.75) is 25.3 Å². The van der Waals surface area contributed by atoms with Gasteiger partial charge in [-0.05, 0) is 36.2 Å². The summed E-state index contributed by atoms with van der Waals surface area (Å²) in [6, 6.07) is 0. The highest BCUT2D eigenvalue weighted by molar-refractivity contribution is 9.09. The molecule has 1 aliphatic heterocycles. The van der Waals surface area contributed by atoms with E-state index in [2.05, 4.69) is 21.2 Å². The number of aliphatic hydroxyl groups is 1. The second-order valence-corrected chi connectivity index (χ2v) is 4.30. The van der Waals surface area contributed by atoms with E-state index in [9.17, 15) is 4.79 Å². The molecule has 92 valence electrons. The minimum absolute atomic E-state index is 0.113. The molecule has 16 heavy (non-hydrogen) atoms. The van der Waals surface area contributed by atoms with Gasteiger partial charge < -0.3 is 20.1 Å². The Morgan fingerprint density at radius 1 is 1.69 bits per heavy atom. The Balaban J connectivity index is 2.70. The van der Waals surface area contributed by atoms with Crippen LogP contribution in [0.3, 0.4) is 0 Å². The zero-order chi connectivity index (χ0) is 12.1. The molecule has 1 unspecified atom stereocenters. The Hall–Kier alpha value is -0.750. The van der Waals surface area contributed by atoms with E-state index >= 15 is 0 Å². The monoisotopic (exact) mass is 292 g/mol. The van der Waals surface area contributed by atoms with Crippen LogP contribution in [0.2, 0.25) is 0 Å². The van der Waals surface area contributed by atoms with Gasteiger partial charge in [0.1, 0.15) is 5.70 Å². The second-order valence-electron chi connectivity index (χ2n) is 3.43. The minimum atomic E-state index is -0.337. The largest absolute Gasteiger partial charge is 0.461 e. The third-order valence-corrected chi connectivity index (χ3v) is 3.09. The summed E-state index contributed by atoms with van der Waals surface area (Å²) in [5, 5.41) is 11.7. The average Bonchev–Trinajstić information content (AvgIpc) is 2.53. The number of allylic oxidation sites excluding steroid dienone is 1. The van der Waals surface area contributed by atoms with E-state index in [1.807, 2.05) is 11.8 Å². The summed E-state index contributed by atoms with van der Waals surface area (Å²) in [6.07, 6.45) is 0.664. The normalized spacial score (nSPS) is 20.0. The maximum atomic E-state index is 11.6. The summed E-state index contributed by atoms with van der Waals surface area (Å²) < 4.78 is 4.94. The van der Waals surface area contributed by atoms with Crippen LogP contribution in [0.25, 0.3) is 0 Å². The lowest BCUT2D eigenvalue weighted by atomic mass is 10.3. The van der Waals surface area contributed by atoms with Gasteiger partial charge in [-0.25, -0.2) is 4.79 Å². The number of nitrogens with one attached hydrogen (secondary N) is 1. The zero-order valence-electron chi connectivity index (χ0n) is 9.49. The van der Waals surface area contributed by atoms with Crippen LogP contribution in [0.1, 0.15) is 20.3 Å². The lowest BCUT2D eigenvalue weighted by Gasteiger charge is -2.22. The number of halogens is 1. The zero-order valence-corrected chi connectivity index (χ0v) is 11.1. The Morgan fingerprint density at radius 3 is 2.94 bits per heavy atom. The second kappa shape index (κ2) is 6.10. The molecule has 0 amide bonds. The smallest absolute Gasteiger partial charge is 0.356 e. The first-order chi connectivity index (χ1) is 7.61. The first-order valence-electron chi connectivity index (χ1n) is 5.28. The molecule has 1 heterocycles. The van der Waals surface area contributed by atoms with Crippen LogP contribution in [-0.4, -0.2) is 40.8 Å². The number of hydrogen-bond donors (Lipinski definition) is 2. The van der Waals surface area contributed by atoms with Crippen molar-refractivity contribution in [2.75, 3.05) is 19.8 Å². The van der Waals surface area contributed by atoms with Gasteiger partial charge in [0, 0.05) is 18.8 Å². The quantitative estimate of drug-likeness (QED) is 0.445. The molecule has 0 aromatic heterocycles. The van der Waals surface area contributed by atoms with E-state index < -0.39 is 0 Å². The van der Waals surface area contributed by atoms with E-state index in [0.29, 0.717) is 25.3 Å². The molecule has 0 aliphatic carbocycles. The molecular formula is C10H17BrN2O3. The number of aliphatic hydroxyl groups excluding tert-OH is 1. The molecule has 6 heteroatoms. The summed E-state index contributed by atoms with van der Waals surface area (Å²) in [4.78, 5) is 13.6. The number of ether oxygens (including phenoxy) is 1. The molecule has 0 fully saturated rings. The van der Waals surface area contributed by atoms with Gasteiger partial charge in [-0.1, -0.05) is 0 Å². The molecule has 1 aliphatic rings. The van der Waals surface area contributed by atoms with Gasteiger partial charge in [-0.3, -0.25) is 0 Å². The van der Waals surface area contributed by atoms with Crippen molar-refractivity contribution >= 4 is 21.9 Å². The number of alkyl halides is 1. The lowest BCUT2D eigenvalue weighted by Crippen LogP contribution is -2.33. The van der Waals surface area contributed by atoms with Crippen molar-refractivity contribution in [3.05, 3.63) is 11.4 Å². The third kappa shape index (κ3) is 2.89. The van der Waals surface area contributed by atoms with Gasteiger partial charge in [0.2, 0.25) is 0 Å². The number of nitrogens with zero attached hydrogens (tertiary/aromatic N) is 1. The number of esters is 1. The molecule has 0 radical (unpaired) electrons. The Morgan fingerprint density at radius 2 is 2.38 bits per heavy atom. The van der Waals surface area contributed by atoms with Gasteiger partial charge in [0.15, 0.2) is 5.08 Å². The van der Waals surface area contributed by atoms with Gasteiger partial charge in [0.05, 0.1) is 6.61 Å². The minimum Gasteiger partial charge on any atom is -0.461 e. The van der Waals surface area contributed by atoms with Crippen LogP contribution < -0.4 is 5.32 Å². The van der Waals surface area contributed by atoms with E-state index in [-0.39, 0.29) is 17.7 Å². The fraction of sp³-hybridized carbons (Fsp3) is 0.700. The molecule has 0 saturated heterocycles. The maximum Gasteiger partial charge on any atom is 0.356 e. The SMILES string of the molecule is CCOC(=O)C1=C(C)N(CCCO)C(Br)N1. The van der Waals surface area contributed by atoms with E-state index in [4.69, 9.17) is 9.84 Å². The standard InChI is InChI=1S/C10H17BrN2O3/c1-3-16-9(15)8-7(2)13(5-4-6-14)10(11)12-8/h10,12,14H,3-6H2,1-2H3. The third-order valence-electron chi connectivity index (χ3n) is 2.37. The summed E-state index contributed by atoms with van der Waals surface area (Å²) in [7, 11) is 0. The van der Waals surface area contributed by atoms with Crippen molar-refractivity contribution in [1.29, 1.82) is 0 Å². The first kappa shape index (κ1) is 13.3. The maximum absolute atomic E-state index is 11.6. The number of hydrogen-bond acceptors (Lipinski definition) is 5. The van der Waals surface area contributed by atoms with Crippen molar-refractivity contribution in [2.24, 2.45) is 0 Å². The molecule has 0 aromatic rings. The predicted octanol–water partition coefficient (Wildman–Crippen LogP) is 0.747. The Labute approximate surface area is 104 Å². The molecule has 5 nitrogen and oxygen atoms in total. The first-order valence-corrected chi connectivity index (χ1v) is 6.19. The highest BCUT2D eigenvalue weighted by Crippen LogP contribution is 2.24. The average molecular weight is 293 g/mol. The topological polar surface area (TPSA) is 61.8 Å². The van der Waals surface area contributed by atoms with Crippen molar-refractivity contribution in [3.8, 4) is 0 Å². The van der Waals surface area contributed by atoms with Crippen LogP contribution in [0.4, 0.5) is 0 Å². The lowest BCUT2D eigenvalue weighted by molar-refractivity contribution is -0.138. The van der Waals surface area contributed by atoms with Crippen molar-refractivity contribution in [3.63, 3.8) is 0 Å². The molecule has 0 aromatic carbocycles. The fourth-order valence-corrected chi connectivity index (χ4v) is 2.29. The molecule has 0 spiro atoms. The van der Waals surface area contributed by atoms with E-state index in [0.717, 1.165) is 5.70 Å². The highest BCUT2D eigenvalue weighted by Gasteiger charge is 2.30. The van der Waals surface area contributed by atoms with Crippen LogP contribution >= 0.6 is 15.9 Å². The Kier molecular flexibility index (Phi) is 5.08. The molecule has 0 bridgehead atoms. The summed E-state index contributed by atoms with van der Waals surface area (Å²) in [6.45, 7) is 4.82. The number of rotatable bonds is 5. The highest BCUT2D eigenvalue weighted by atomic mass is 79.9. The van der Waals surface area contributed by atoms with Crippen LogP contribution in [0.5, 0.6) is 0 Å². The summed E-state index contributed by atoms with van der Waals surface area (Å²) in [5.41, 5.74) is 1.33. The Bertz CT molecular complexity index is 294. The summed E-state index contributed by atoms with van der Waals surface area (Å²) >= 11 is 3.42. The summed E-state index contributed by atoms with van der Waals surface area (Å²) in [5.74, 6) is -0.337. The molecule has 1 atom stereocenters. The van der Waals surface area contributed by atoms with Gasteiger partial charge in [0.25, 0.3) is 0 Å². The van der Waals surface area contributed by atoms with Gasteiger partial charge >= 0.3 is 5.97 Å². The van der Waals surface area contributed by atoms with Crippen LogP contribution in [-0.2, 0) is 9.53 Å². The fourth-order valence-electron chi connectivity index (χ4n) is 1.55. The molecular weight excluding hydrogens is 276 g/mol.